The minimum Gasteiger partial charge on any atom is -0.397 e. The van der Waals surface area contributed by atoms with E-state index in [0.717, 1.165) is 50.6 Å². The Morgan fingerprint density at radius 3 is 2.72 bits per heavy atom. The van der Waals surface area contributed by atoms with Crippen LogP contribution >= 0.6 is 11.6 Å². The molecule has 0 aromatic heterocycles. The van der Waals surface area contributed by atoms with Crippen LogP contribution < -0.4 is 11.1 Å². The van der Waals surface area contributed by atoms with Crippen molar-refractivity contribution in [1.29, 1.82) is 0 Å². The number of nitrogen functional groups attached to an aromatic ring is 1. The van der Waals surface area contributed by atoms with Gasteiger partial charge >= 0.3 is 0 Å². The summed E-state index contributed by atoms with van der Waals surface area (Å²) in [7, 11) is 2.17. The molecule has 0 unspecified atom stereocenters. The number of halogens is 1. The average molecular weight is 269 g/mol. The van der Waals surface area contributed by atoms with Gasteiger partial charge in [0.15, 0.2) is 0 Å². The first-order valence-electron chi connectivity index (χ1n) is 6.35. The number of nitrogens with one attached hydrogen (secondary N) is 1. The van der Waals surface area contributed by atoms with Gasteiger partial charge in [-0.15, -0.1) is 0 Å². The second kappa shape index (κ2) is 6.27. The number of rotatable bonds is 4. The Morgan fingerprint density at radius 2 is 2.00 bits per heavy atom. The lowest BCUT2D eigenvalue weighted by Crippen LogP contribution is -2.45. The van der Waals surface area contributed by atoms with Crippen molar-refractivity contribution in [3.63, 3.8) is 0 Å². The highest BCUT2D eigenvalue weighted by molar-refractivity contribution is 6.31. The third-order valence-electron chi connectivity index (χ3n) is 3.35. The molecule has 1 fully saturated rings. The first kappa shape index (κ1) is 13.5. The molecular weight excluding hydrogens is 248 g/mol. The molecule has 1 saturated heterocycles. The van der Waals surface area contributed by atoms with E-state index < -0.39 is 0 Å². The van der Waals surface area contributed by atoms with Crippen LogP contribution in [0, 0.1) is 0 Å². The molecule has 4 nitrogen and oxygen atoms in total. The lowest BCUT2D eigenvalue weighted by Gasteiger charge is -2.32. The van der Waals surface area contributed by atoms with Crippen molar-refractivity contribution in [3.8, 4) is 0 Å². The van der Waals surface area contributed by atoms with Crippen molar-refractivity contribution in [2.45, 2.75) is 0 Å². The third-order valence-corrected chi connectivity index (χ3v) is 3.59. The van der Waals surface area contributed by atoms with Crippen molar-refractivity contribution in [3.05, 3.63) is 23.2 Å². The minimum absolute atomic E-state index is 0.714. The summed E-state index contributed by atoms with van der Waals surface area (Å²) in [5.41, 5.74) is 7.56. The second-order valence-corrected chi connectivity index (χ2v) is 5.24. The van der Waals surface area contributed by atoms with Gasteiger partial charge in [-0.3, -0.25) is 4.90 Å². The largest absolute Gasteiger partial charge is 0.397 e. The van der Waals surface area contributed by atoms with Crippen LogP contribution in [0.15, 0.2) is 18.2 Å². The average Bonchev–Trinajstić information content (AvgIpc) is 2.36. The van der Waals surface area contributed by atoms with E-state index in [1.165, 1.54) is 0 Å². The molecule has 100 valence electrons. The first-order valence-corrected chi connectivity index (χ1v) is 6.73. The quantitative estimate of drug-likeness (QED) is 0.814. The number of piperazine rings is 1. The summed E-state index contributed by atoms with van der Waals surface area (Å²) in [6.45, 7) is 6.53. The molecule has 0 atom stereocenters. The minimum atomic E-state index is 0.714. The summed E-state index contributed by atoms with van der Waals surface area (Å²) in [4.78, 5) is 4.83. The topological polar surface area (TPSA) is 44.5 Å². The third kappa shape index (κ3) is 3.77. The van der Waals surface area contributed by atoms with Crippen LogP contribution in [0.3, 0.4) is 0 Å². The van der Waals surface area contributed by atoms with Gasteiger partial charge in [-0.25, -0.2) is 0 Å². The molecule has 3 N–H and O–H groups in total. The van der Waals surface area contributed by atoms with Gasteiger partial charge < -0.3 is 16.0 Å². The Bertz CT molecular complexity index is 389. The van der Waals surface area contributed by atoms with E-state index in [2.05, 4.69) is 22.2 Å². The van der Waals surface area contributed by atoms with Gasteiger partial charge in [-0.05, 0) is 25.2 Å². The van der Waals surface area contributed by atoms with Crippen molar-refractivity contribution in [2.24, 2.45) is 0 Å². The lowest BCUT2D eigenvalue weighted by molar-refractivity contribution is 0.158. The van der Waals surface area contributed by atoms with E-state index in [4.69, 9.17) is 17.3 Å². The predicted octanol–water partition coefficient (Wildman–Crippen LogP) is 1.58. The summed E-state index contributed by atoms with van der Waals surface area (Å²) in [5, 5.41) is 4.06. The van der Waals surface area contributed by atoms with E-state index in [-0.39, 0.29) is 0 Å². The summed E-state index contributed by atoms with van der Waals surface area (Å²) >= 11 is 5.95. The normalized spacial score (nSPS) is 17.9. The molecule has 1 aliphatic heterocycles. The molecule has 0 saturated carbocycles. The lowest BCUT2D eigenvalue weighted by atomic mass is 10.2. The van der Waals surface area contributed by atoms with Crippen molar-refractivity contribution < 1.29 is 0 Å². The van der Waals surface area contributed by atoms with E-state index in [1.807, 2.05) is 18.2 Å². The fourth-order valence-corrected chi connectivity index (χ4v) is 2.27. The fraction of sp³-hybridized carbons (Fsp3) is 0.538. The van der Waals surface area contributed by atoms with Gasteiger partial charge in [0.25, 0.3) is 0 Å². The summed E-state index contributed by atoms with van der Waals surface area (Å²) in [6.07, 6.45) is 0. The van der Waals surface area contributed by atoms with Gasteiger partial charge in [-0.2, -0.15) is 0 Å². The number of nitrogens with two attached hydrogens (primary N) is 1. The second-order valence-electron chi connectivity index (χ2n) is 4.80. The van der Waals surface area contributed by atoms with E-state index in [0.29, 0.717) is 5.02 Å². The van der Waals surface area contributed by atoms with Crippen LogP contribution in [0.5, 0.6) is 0 Å². The number of anilines is 2. The first-order chi connectivity index (χ1) is 8.65. The molecule has 18 heavy (non-hydrogen) atoms. The Labute approximate surface area is 114 Å². The Balaban J connectivity index is 1.76. The van der Waals surface area contributed by atoms with E-state index >= 15 is 0 Å². The van der Waals surface area contributed by atoms with Crippen LogP contribution in [0.2, 0.25) is 5.02 Å². The number of benzene rings is 1. The maximum absolute atomic E-state index is 5.95. The molecular formula is C13H21ClN4. The Hall–Kier alpha value is -0.970. The van der Waals surface area contributed by atoms with Crippen LogP contribution in [0.4, 0.5) is 11.4 Å². The molecule has 5 heteroatoms. The zero-order valence-electron chi connectivity index (χ0n) is 10.8. The highest BCUT2D eigenvalue weighted by Gasteiger charge is 2.12. The fourth-order valence-electron chi connectivity index (χ4n) is 2.10. The molecule has 0 bridgehead atoms. The van der Waals surface area contributed by atoms with Crippen molar-refractivity contribution in [1.82, 2.24) is 9.80 Å². The van der Waals surface area contributed by atoms with Crippen molar-refractivity contribution in [2.75, 3.05) is 57.4 Å². The predicted molar refractivity (Wildman–Crippen MR) is 78.3 cm³/mol. The zero-order chi connectivity index (χ0) is 13.0. The smallest absolute Gasteiger partial charge is 0.0589 e. The van der Waals surface area contributed by atoms with Gasteiger partial charge in [0.2, 0.25) is 0 Å². The summed E-state index contributed by atoms with van der Waals surface area (Å²) < 4.78 is 0. The maximum Gasteiger partial charge on any atom is 0.0589 e. The van der Waals surface area contributed by atoms with E-state index in [1.54, 1.807) is 0 Å². The maximum atomic E-state index is 5.95. The zero-order valence-corrected chi connectivity index (χ0v) is 11.6. The number of likely N-dealkylation sites (N-methyl/N-ethyl adjacent to an activating group) is 1. The Morgan fingerprint density at radius 1 is 1.28 bits per heavy atom. The molecule has 1 heterocycles. The SMILES string of the molecule is CN1CCN(CCNc2cc(Cl)ccc2N)CC1. The van der Waals surface area contributed by atoms with Gasteiger partial charge in [0, 0.05) is 44.3 Å². The van der Waals surface area contributed by atoms with Crippen LogP contribution in [-0.2, 0) is 0 Å². The molecule has 0 spiro atoms. The number of hydrogen-bond acceptors (Lipinski definition) is 4. The number of hydrogen-bond donors (Lipinski definition) is 2. The highest BCUT2D eigenvalue weighted by atomic mass is 35.5. The van der Waals surface area contributed by atoms with Crippen molar-refractivity contribution >= 4 is 23.0 Å². The standard InChI is InChI=1S/C13H21ClN4/c1-17-6-8-18(9-7-17)5-4-16-13-10-11(14)2-3-12(13)15/h2-3,10,16H,4-9,15H2,1H3. The summed E-state index contributed by atoms with van der Waals surface area (Å²) in [5.74, 6) is 0. The van der Waals surface area contributed by atoms with E-state index in [9.17, 15) is 0 Å². The molecule has 0 radical (unpaired) electrons. The van der Waals surface area contributed by atoms with Crippen LogP contribution in [0.25, 0.3) is 0 Å². The summed E-state index contributed by atoms with van der Waals surface area (Å²) in [6, 6.07) is 5.52. The number of nitrogens with zero attached hydrogens (tertiary/aromatic N) is 2. The molecule has 1 aliphatic rings. The highest BCUT2D eigenvalue weighted by Crippen LogP contribution is 2.22. The van der Waals surface area contributed by atoms with Crippen LogP contribution in [-0.4, -0.2) is 56.1 Å². The Kier molecular flexibility index (Phi) is 4.69. The molecule has 1 aromatic carbocycles. The van der Waals surface area contributed by atoms with Gasteiger partial charge in [0.1, 0.15) is 0 Å². The molecule has 0 amide bonds. The molecule has 2 rings (SSSR count). The molecule has 0 aliphatic carbocycles. The van der Waals surface area contributed by atoms with Crippen LogP contribution in [0.1, 0.15) is 0 Å². The molecule has 1 aromatic rings. The van der Waals surface area contributed by atoms with Gasteiger partial charge in [-0.1, -0.05) is 11.6 Å². The van der Waals surface area contributed by atoms with Gasteiger partial charge in [0.05, 0.1) is 11.4 Å². The monoisotopic (exact) mass is 268 g/mol.